The van der Waals surface area contributed by atoms with E-state index in [4.69, 9.17) is 4.52 Å². The Kier molecular flexibility index (Phi) is 4.31. The Morgan fingerprint density at radius 2 is 2.14 bits per heavy atom. The molecule has 1 unspecified atom stereocenters. The molecule has 0 aliphatic carbocycles. The third-order valence-electron chi connectivity index (χ3n) is 3.99. The van der Waals surface area contributed by atoms with Gasteiger partial charge in [0.1, 0.15) is 0 Å². The lowest BCUT2D eigenvalue weighted by Crippen LogP contribution is -2.44. The molecule has 5 heteroatoms. The third kappa shape index (κ3) is 3.49. The number of benzene rings is 1. The summed E-state index contributed by atoms with van der Waals surface area (Å²) in [6.45, 7) is 8.32. The van der Waals surface area contributed by atoms with Crippen molar-refractivity contribution in [1.82, 2.24) is 20.4 Å². The van der Waals surface area contributed by atoms with Crippen molar-refractivity contribution >= 4 is 0 Å². The summed E-state index contributed by atoms with van der Waals surface area (Å²) >= 11 is 0. The number of nitrogens with one attached hydrogen (secondary N) is 1. The van der Waals surface area contributed by atoms with Crippen molar-refractivity contribution in [3.05, 3.63) is 47.1 Å². The van der Waals surface area contributed by atoms with Crippen LogP contribution in [0.1, 0.15) is 35.8 Å². The van der Waals surface area contributed by atoms with E-state index in [1.54, 1.807) is 0 Å². The maximum absolute atomic E-state index is 5.46. The largest absolute Gasteiger partial charge is 0.338 e. The van der Waals surface area contributed by atoms with Crippen molar-refractivity contribution in [1.29, 1.82) is 0 Å². The van der Waals surface area contributed by atoms with Crippen LogP contribution < -0.4 is 5.32 Å². The molecule has 0 amide bonds. The molecular weight excluding hydrogens is 264 g/mol. The van der Waals surface area contributed by atoms with E-state index < -0.39 is 0 Å². The predicted octanol–water partition coefficient (Wildman–Crippen LogP) is 1.94. The van der Waals surface area contributed by atoms with Gasteiger partial charge >= 0.3 is 0 Å². The molecule has 2 aromatic rings. The standard InChI is InChI=1S/C16H22N4O/c1-12-4-3-5-14(10-12)11-15-18-16(21-19-15)13(2)20-8-6-17-7-9-20/h3-5,10,13,17H,6-9,11H2,1-2H3. The summed E-state index contributed by atoms with van der Waals surface area (Å²) in [5, 5.41) is 7.48. The van der Waals surface area contributed by atoms with Crippen molar-refractivity contribution in [2.45, 2.75) is 26.3 Å². The van der Waals surface area contributed by atoms with E-state index in [-0.39, 0.29) is 6.04 Å². The molecule has 1 aromatic carbocycles. The molecule has 1 aliphatic heterocycles. The minimum absolute atomic E-state index is 0.186. The fourth-order valence-corrected chi connectivity index (χ4v) is 2.74. The van der Waals surface area contributed by atoms with Gasteiger partial charge in [0.25, 0.3) is 0 Å². The van der Waals surface area contributed by atoms with Crippen molar-refractivity contribution in [3.8, 4) is 0 Å². The first kappa shape index (κ1) is 14.2. The molecule has 21 heavy (non-hydrogen) atoms. The summed E-state index contributed by atoms with van der Waals surface area (Å²) in [5.41, 5.74) is 2.47. The molecular formula is C16H22N4O. The van der Waals surface area contributed by atoms with Gasteiger partial charge in [0, 0.05) is 32.6 Å². The third-order valence-corrected chi connectivity index (χ3v) is 3.99. The molecule has 1 N–H and O–H groups in total. The minimum Gasteiger partial charge on any atom is -0.338 e. The van der Waals surface area contributed by atoms with Crippen molar-refractivity contribution in [2.24, 2.45) is 0 Å². The van der Waals surface area contributed by atoms with E-state index in [1.165, 1.54) is 11.1 Å². The van der Waals surface area contributed by atoms with Gasteiger partial charge in [-0.1, -0.05) is 35.0 Å². The van der Waals surface area contributed by atoms with Gasteiger partial charge in [-0.05, 0) is 19.4 Å². The van der Waals surface area contributed by atoms with Crippen molar-refractivity contribution < 1.29 is 4.52 Å². The molecule has 1 aliphatic rings. The van der Waals surface area contributed by atoms with Crippen LogP contribution in [-0.4, -0.2) is 41.2 Å². The van der Waals surface area contributed by atoms with Crippen LogP contribution in [-0.2, 0) is 6.42 Å². The first-order valence-electron chi connectivity index (χ1n) is 7.55. The fraction of sp³-hybridized carbons (Fsp3) is 0.500. The summed E-state index contributed by atoms with van der Waals surface area (Å²) in [4.78, 5) is 6.95. The van der Waals surface area contributed by atoms with Crippen LogP contribution >= 0.6 is 0 Å². The van der Waals surface area contributed by atoms with Gasteiger partial charge in [-0.3, -0.25) is 4.90 Å². The number of hydrogen-bond donors (Lipinski definition) is 1. The Balaban J connectivity index is 1.68. The maximum Gasteiger partial charge on any atom is 0.243 e. The van der Waals surface area contributed by atoms with E-state index >= 15 is 0 Å². The van der Waals surface area contributed by atoms with Crippen molar-refractivity contribution in [2.75, 3.05) is 26.2 Å². The van der Waals surface area contributed by atoms with E-state index in [9.17, 15) is 0 Å². The molecule has 2 heterocycles. The first-order chi connectivity index (χ1) is 10.2. The monoisotopic (exact) mass is 286 g/mol. The number of aromatic nitrogens is 2. The van der Waals surface area contributed by atoms with Gasteiger partial charge in [-0.25, -0.2) is 0 Å². The van der Waals surface area contributed by atoms with Crippen LogP contribution in [0, 0.1) is 6.92 Å². The topological polar surface area (TPSA) is 54.2 Å². The highest BCUT2D eigenvalue weighted by molar-refractivity contribution is 5.24. The highest BCUT2D eigenvalue weighted by Crippen LogP contribution is 2.19. The van der Waals surface area contributed by atoms with E-state index in [0.29, 0.717) is 0 Å². The molecule has 0 radical (unpaired) electrons. The lowest BCUT2D eigenvalue weighted by Gasteiger charge is -2.30. The molecule has 0 bridgehead atoms. The minimum atomic E-state index is 0.186. The number of aryl methyl sites for hydroxylation is 1. The van der Waals surface area contributed by atoms with Gasteiger partial charge in [-0.15, -0.1) is 0 Å². The van der Waals surface area contributed by atoms with Crippen LogP contribution in [0.2, 0.25) is 0 Å². The molecule has 1 fully saturated rings. The van der Waals surface area contributed by atoms with Crippen LogP contribution in [0.15, 0.2) is 28.8 Å². The van der Waals surface area contributed by atoms with Crippen molar-refractivity contribution in [3.63, 3.8) is 0 Å². The molecule has 0 saturated carbocycles. The van der Waals surface area contributed by atoms with Crippen LogP contribution in [0.3, 0.4) is 0 Å². The molecule has 3 rings (SSSR count). The normalized spacial score (nSPS) is 17.8. The van der Waals surface area contributed by atoms with E-state index in [0.717, 1.165) is 44.3 Å². The van der Waals surface area contributed by atoms with Gasteiger partial charge in [0.2, 0.25) is 5.89 Å². The van der Waals surface area contributed by atoms with Gasteiger partial charge in [-0.2, -0.15) is 4.98 Å². The zero-order valence-electron chi connectivity index (χ0n) is 12.7. The van der Waals surface area contributed by atoms with Gasteiger partial charge in [0.15, 0.2) is 5.82 Å². The Morgan fingerprint density at radius 3 is 2.90 bits per heavy atom. The number of piperazine rings is 1. The Labute approximate surface area is 125 Å². The highest BCUT2D eigenvalue weighted by Gasteiger charge is 2.22. The second kappa shape index (κ2) is 6.37. The Hall–Kier alpha value is -1.72. The molecule has 1 saturated heterocycles. The summed E-state index contributed by atoms with van der Waals surface area (Å²) in [6.07, 6.45) is 0.722. The highest BCUT2D eigenvalue weighted by atomic mass is 16.5. The number of nitrogens with zero attached hydrogens (tertiary/aromatic N) is 3. The van der Waals surface area contributed by atoms with Crippen LogP contribution in [0.25, 0.3) is 0 Å². The summed E-state index contributed by atoms with van der Waals surface area (Å²) in [5.74, 6) is 1.48. The fourth-order valence-electron chi connectivity index (χ4n) is 2.74. The molecule has 1 aromatic heterocycles. The zero-order chi connectivity index (χ0) is 14.7. The quantitative estimate of drug-likeness (QED) is 0.931. The van der Waals surface area contributed by atoms with E-state index in [2.05, 4.69) is 58.5 Å². The van der Waals surface area contributed by atoms with Crippen LogP contribution in [0.4, 0.5) is 0 Å². The predicted molar refractivity (Wildman–Crippen MR) is 81.1 cm³/mol. The lowest BCUT2D eigenvalue weighted by molar-refractivity contribution is 0.154. The van der Waals surface area contributed by atoms with E-state index in [1.807, 2.05) is 0 Å². The first-order valence-corrected chi connectivity index (χ1v) is 7.55. The summed E-state index contributed by atoms with van der Waals surface area (Å²) in [7, 11) is 0. The molecule has 5 nitrogen and oxygen atoms in total. The Bertz CT molecular complexity index is 589. The lowest BCUT2D eigenvalue weighted by atomic mass is 10.1. The second-order valence-electron chi connectivity index (χ2n) is 5.68. The average Bonchev–Trinajstić information content (AvgIpc) is 2.96. The van der Waals surface area contributed by atoms with Gasteiger partial charge < -0.3 is 9.84 Å². The van der Waals surface area contributed by atoms with Gasteiger partial charge in [0.05, 0.1) is 6.04 Å². The smallest absolute Gasteiger partial charge is 0.243 e. The number of hydrogen-bond acceptors (Lipinski definition) is 5. The molecule has 1 atom stereocenters. The summed E-state index contributed by atoms with van der Waals surface area (Å²) in [6, 6.07) is 8.61. The molecule has 0 spiro atoms. The summed E-state index contributed by atoms with van der Waals surface area (Å²) < 4.78 is 5.46. The van der Waals surface area contributed by atoms with Crippen LogP contribution in [0.5, 0.6) is 0 Å². The Morgan fingerprint density at radius 1 is 1.33 bits per heavy atom. The maximum atomic E-state index is 5.46. The average molecular weight is 286 g/mol. The number of rotatable bonds is 4. The SMILES string of the molecule is Cc1cccc(Cc2noc(C(C)N3CCNCC3)n2)c1. The molecule has 112 valence electrons. The second-order valence-corrected chi connectivity index (χ2v) is 5.68. The zero-order valence-corrected chi connectivity index (χ0v) is 12.7.